The average Bonchev–Trinajstić information content (AvgIpc) is 3.38. The minimum Gasteiger partial charge on any atom is -0.352 e. The summed E-state index contributed by atoms with van der Waals surface area (Å²) in [6.07, 6.45) is 8.59. The van der Waals surface area contributed by atoms with Gasteiger partial charge in [-0.3, -0.25) is 9.78 Å². The molecule has 194 valence electrons. The number of hydrogen-bond acceptors (Lipinski definition) is 3. The summed E-state index contributed by atoms with van der Waals surface area (Å²) in [7, 11) is 0. The van der Waals surface area contributed by atoms with Crippen molar-refractivity contribution in [1.82, 2.24) is 19.8 Å². The lowest BCUT2D eigenvalue weighted by atomic mass is 9.94. The predicted molar refractivity (Wildman–Crippen MR) is 153 cm³/mol. The van der Waals surface area contributed by atoms with Crippen LogP contribution < -0.4 is 10.6 Å². The molecule has 1 saturated carbocycles. The van der Waals surface area contributed by atoms with Crippen LogP contribution in [0.3, 0.4) is 0 Å². The maximum absolute atomic E-state index is 12.9. The van der Waals surface area contributed by atoms with Crippen LogP contribution in [-0.2, 0) is 4.79 Å². The van der Waals surface area contributed by atoms with E-state index in [-0.39, 0.29) is 18.0 Å². The fourth-order valence-electron chi connectivity index (χ4n) is 6.16. The number of thiocarbonyl (C=S) groups is 1. The van der Waals surface area contributed by atoms with E-state index in [2.05, 4.69) is 51.1 Å². The van der Waals surface area contributed by atoms with Crippen molar-refractivity contribution in [2.75, 3.05) is 11.9 Å². The highest BCUT2D eigenvalue weighted by Crippen LogP contribution is 2.42. The molecule has 1 amide bonds. The molecule has 2 fully saturated rings. The molecular weight excluding hydrogens is 478 g/mol. The van der Waals surface area contributed by atoms with Gasteiger partial charge in [-0.15, -0.1) is 0 Å². The number of rotatable bonds is 7. The zero-order chi connectivity index (χ0) is 25.9. The fourth-order valence-corrected chi connectivity index (χ4v) is 6.49. The van der Waals surface area contributed by atoms with Gasteiger partial charge < -0.3 is 20.1 Å². The van der Waals surface area contributed by atoms with Crippen molar-refractivity contribution in [3.05, 3.63) is 82.9 Å². The predicted octanol–water partition coefficient (Wildman–Crippen LogP) is 6.31. The molecule has 2 aromatic heterocycles. The van der Waals surface area contributed by atoms with Crippen LogP contribution in [0.15, 0.2) is 54.7 Å². The molecule has 1 aliphatic heterocycles. The van der Waals surface area contributed by atoms with E-state index in [1.165, 1.54) is 49.1 Å². The van der Waals surface area contributed by atoms with Gasteiger partial charge in [0, 0.05) is 42.3 Å². The van der Waals surface area contributed by atoms with Gasteiger partial charge in [0.25, 0.3) is 0 Å². The number of benzene rings is 1. The lowest BCUT2D eigenvalue weighted by molar-refractivity contribution is -0.116. The molecule has 3 heterocycles. The fraction of sp³-hybridized carbons (Fsp3) is 0.433. The molecule has 0 radical (unpaired) electrons. The first-order chi connectivity index (χ1) is 17.9. The van der Waals surface area contributed by atoms with Crippen LogP contribution in [0.25, 0.3) is 0 Å². The van der Waals surface area contributed by atoms with Gasteiger partial charge in [0.05, 0.1) is 17.8 Å². The molecule has 2 unspecified atom stereocenters. The van der Waals surface area contributed by atoms with Crippen molar-refractivity contribution in [1.29, 1.82) is 0 Å². The van der Waals surface area contributed by atoms with E-state index >= 15 is 0 Å². The maximum atomic E-state index is 12.9. The summed E-state index contributed by atoms with van der Waals surface area (Å²) in [6.45, 7) is 7.03. The first kappa shape index (κ1) is 25.5. The minimum atomic E-state index is -0.0751. The first-order valence-electron chi connectivity index (χ1n) is 13.5. The quantitative estimate of drug-likeness (QED) is 0.361. The second-order valence-corrected chi connectivity index (χ2v) is 10.9. The minimum absolute atomic E-state index is 0.0129. The zero-order valence-corrected chi connectivity index (χ0v) is 22.9. The summed E-state index contributed by atoms with van der Waals surface area (Å²) in [5.41, 5.74) is 6.78. The van der Waals surface area contributed by atoms with Crippen LogP contribution in [-0.4, -0.2) is 32.0 Å². The van der Waals surface area contributed by atoms with Gasteiger partial charge in [-0.2, -0.15) is 0 Å². The monoisotopic (exact) mass is 515 g/mol. The van der Waals surface area contributed by atoms with E-state index in [4.69, 9.17) is 12.2 Å². The highest BCUT2D eigenvalue weighted by Gasteiger charge is 2.41. The van der Waals surface area contributed by atoms with Crippen molar-refractivity contribution in [2.45, 2.75) is 77.4 Å². The summed E-state index contributed by atoms with van der Waals surface area (Å²) in [5, 5.41) is 7.25. The molecule has 1 saturated heterocycles. The van der Waals surface area contributed by atoms with E-state index in [0.717, 1.165) is 16.9 Å². The van der Waals surface area contributed by atoms with Crippen LogP contribution in [0.1, 0.15) is 84.9 Å². The Morgan fingerprint density at radius 3 is 2.62 bits per heavy atom. The van der Waals surface area contributed by atoms with Crippen molar-refractivity contribution in [2.24, 2.45) is 0 Å². The van der Waals surface area contributed by atoms with Gasteiger partial charge in [-0.25, -0.2) is 0 Å². The third-order valence-electron chi connectivity index (χ3n) is 7.86. The molecule has 6 nitrogen and oxygen atoms in total. The third-order valence-corrected chi connectivity index (χ3v) is 8.21. The normalized spacial score (nSPS) is 20.2. The number of aryl methyl sites for hydroxylation is 2. The number of amides is 1. The summed E-state index contributed by atoms with van der Waals surface area (Å²) < 4.78 is 2.55. The van der Waals surface area contributed by atoms with Crippen molar-refractivity contribution >= 4 is 28.9 Å². The smallest absolute Gasteiger partial charge is 0.226 e. The molecule has 37 heavy (non-hydrogen) atoms. The lowest BCUT2D eigenvalue weighted by Crippen LogP contribution is -2.33. The highest BCUT2D eigenvalue weighted by atomic mass is 32.1. The Kier molecular flexibility index (Phi) is 7.60. The molecule has 5 rings (SSSR count). The largest absolute Gasteiger partial charge is 0.352 e. The van der Waals surface area contributed by atoms with Crippen LogP contribution in [0, 0.1) is 20.8 Å². The third kappa shape index (κ3) is 5.42. The van der Waals surface area contributed by atoms with E-state index in [9.17, 15) is 4.79 Å². The summed E-state index contributed by atoms with van der Waals surface area (Å²) in [5.74, 6) is -0.0129. The number of pyridine rings is 1. The average molecular weight is 516 g/mol. The van der Waals surface area contributed by atoms with Gasteiger partial charge in [-0.05, 0) is 87.3 Å². The van der Waals surface area contributed by atoms with Gasteiger partial charge in [0.15, 0.2) is 5.11 Å². The molecule has 0 spiro atoms. The molecule has 2 aliphatic rings. The standard InChI is InChI=1S/C30H37N5OS/c1-20-10-9-11-23(18-20)32-27(36)15-17-34-29(28(33-30(34)37)26-14-7-8-16-31-26)25-19-21(2)35(22(25)3)24-12-5-4-6-13-24/h7-11,14,16,18-19,24,28-29H,4-6,12-13,15,17H2,1-3H3,(H,32,36)(H,33,37). The molecule has 1 aromatic carbocycles. The second-order valence-electron chi connectivity index (χ2n) is 10.5. The number of nitrogens with one attached hydrogen (secondary N) is 2. The zero-order valence-electron chi connectivity index (χ0n) is 22.0. The Bertz CT molecular complexity index is 1260. The number of nitrogens with zero attached hydrogens (tertiary/aromatic N) is 3. The molecular formula is C30H37N5OS. The van der Waals surface area contributed by atoms with E-state index in [1.54, 1.807) is 0 Å². The molecule has 2 N–H and O–H groups in total. The number of aromatic nitrogens is 2. The summed E-state index contributed by atoms with van der Waals surface area (Å²) in [6, 6.07) is 16.7. The van der Waals surface area contributed by atoms with Gasteiger partial charge in [0.1, 0.15) is 0 Å². The Balaban J connectivity index is 1.43. The number of carbonyl (C=O) groups excluding carboxylic acids is 1. The Morgan fingerprint density at radius 2 is 1.89 bits per heavy atom. The topological polar surface area (TPSA) is 62.2 Å². The Labute approximate surface area is 225 Å². The maximum Gasteiger partial charge on any atom is 0.226 e. The Morgan fingerprint density at radius 1 is 1.08 bits per heavy atom. The Hall–Kier alpha value is -3.19. The second kappa shape index (κ2) is 11.1. The highest BCUT2D eigenvalue weighted by molar-refractivity contribution is 7.80. The molecule has 0 bridgehead atoms. The number of hydrogen-bond donors (Lipinski definition) is 2. The first-order valence-corrected chi connectivity index (χ1v) is 13.9. The van der Waals surface area contributed by atoms with Crippen LogP contribution in [0.4, 0.5) is 5.69 Å². The molecule has 2 atom stereocenters. The number of carbonyl (C=O) groups is 1. The lowest BCUT2D eigenvalue weighted by Gasteiger charge is -2.29. The van der Waals surface area contributed by atoms with Gasteiger partial charge in [-0.1, -0.05) is 37.5 Å². The van der Waals surface area contributed by atoms with Crippen molar-refractivity contribution < 1.29 is 4.79 Å². The SMILES string of the molecule is Cc1cccc(NC(=O)CCN2C(=S)NC(c3ccccn3)C2c2cc(C)n(C3CCCCC3)c2C)c1. The van der Waals surface area contributed by atoms with Crippen LogP contribution in [0.2, 0.25) is 0 Å². The molecule has 7 heteroatoms. The van der Waals surface area contributed by atoms with Gasteiger partial charge >= 0.3 is 0 Å². The van der Waals surface area contributed by atoms with Crippen LogP contribution >= 0.6 is 12.2 Å². The van der Waals surface area contributed by atoms with Crippen molar-refractivity contribution in [3.8, 4) is 0 Å². The molecule has 3 aromatic rings. The van der Waals surface area contributed by atoms with E-state index < -0.39 is 0 Å². The molecule has 1 aliphatic carbocycles. The van der Waals surface area contributed by atoms with E-state index in [1.807, 2.05) is 49.5 Å². The van der Waals surface area contributed by atoms with E-state index in [0.29, 0.717) is 24.1 Å². The number of anilines is 1. The summed E-state index contributed by atoms with van der Waals surface area (Å²) in [4.78, 5) is 19.8. The van der Waals surface area contributed by atoms with Crippen LogP contribution in [0.5, 0.6) is 0 Å². The van der Waals surface area contributed by atoms with Gasteiger partial charge in [0.2, 0.25) is 5.91 Å². The summed E-state index contributed by atoms with van der Waals surface area (Å²) >= 11 is 5.85. The van der Waals surface area contributed by atoms with Crippen molar-refractivity contribution in [3.63, 3.8) is 0 Å².